The van der Waals surface area contributed by atoms with Gasteiger partial charge in [-0.2, -0.15) is 0 Å². The zero-order valence-electron chi connectivity index (χ0n) is 19.3. The van der Waals surface area contributed by atoms with Gasteiger partial charge in [0.25, 0.3) is 5.91 Å². The highest BCUT2D eigenvalue weighted by molar-refractivity contribution is 7.07. The first kappa shape index (κ1) is 26.6. The van der Waals surface area contributed by atoms with Crippen LogP contribution in [0.3, 0.4) is 0 Å². The van der Waals surface area contributed by atoms with Crippen LogP contribution in [0.4, 0.5) is 5.69 Å². The van der Waals surface area contributed by atoms with Crippen molar-refractivity contribution < 1.29 is 19.5 Å². The van der Waals surface area contributed by atoms with Crippen LogP contribution in [-0.2, 0) is 11.2 Å². The molecule has 36 heavy (non-hydrogen) atoms. The molecule has 0 radical (unpaired) electrons. The maximum atomic E-state index is 13.2. The molecule has 186 valence electrons. The van der Waals surface area contributed by atoms with Crippen LogP contribution in [0, 0.1) is 12.3 Å². The number of hydrogen-bond donors (Lipinski definition) is 4. The molecular formula is C25H24ClN5O4S. The number of aromatic nitrogens is 2. The quantitative estimate of drug-likeness (QED) is 0.146. The number of rotatable bonds is 9. The Morgan fingerprint density at radius 3 is 2.50 bits per heavy atom. The Morgan fingerprint density at radius 1 is 1.17 bits per heavy atom. The number of halogens is 1. The van der Waals surface area contributed by atoms with E-state index in [1.165, 1.54) is 16.8 Å². The minimum atomic E-state index is -1.16. The molecule has 2 aromatic heterocycles. The van der Waals surface area contributed by atoms with Crippen LogP contribution in [0.15, 0.2) is 53.4 Å². The number of aliphatic carboxylic acids is 1. The number of aromatic amines is 1. The minimum absolute atomic E-state index is 0. The van der Waals surface area contributed by atoms with Crippen LogP contribution in [0.1, 0.15) is 44.1 Å². The number of aryl methyl sites for hydroxylation is 2. The molecule has 0 aliphatic heterocycles. The zero-order valence-corrected chi connectivity index (χ0v) is 20.9. The lowest BCUT2D eigenvalue weighted by molar-refractivity contribution is -0.135. The first-order chi connectivity index (χ1) is 16.7. The van der Waals surface area contributed by atoms with Crippen LogP contribution in [0.25, 0.3) is 10.9 Å². The molecule has 0 spiro atoms. The van der Waals surface area contributed by atoms with Gasteiger partial charge in [0, 0.05) is 45.2 Å². The summed E-state index contributed by atoms with van der Waals surface area (Å²) in [4.78, 5) is 46.0. The Hall–Kier alpha value is -4.02. The van der Waals surface area contributed by atoms with Crippen molar-refractivity contribution in [2.24, 2.45) is 5.73 Å². The molecule has 0 fully saturated rings. The number of thiazole rings is 1. The molecule has 4 rings (SSSR count). The maximum absolute atomic E-state index is 13.2. The van der Waals surface area contributed by atoms with Gasteiger partial charge in [0.2, 0.25) is 0 Å². The highest BCUT2D eigenvalue weighted by Crippen LogP contribution is 2.29. The molecule has 1 amide bonds. The molecule has 11 heteroatoms. The van der Waals surface area contributed by atoms with Crippen molar-refractivity contribution in [1.82, 2.24) is 9.97 Å². The standard InChI is InChI=1S/C25H23N5O4S.ClH/c1-14-23(21(31)9-4-15-2-5-16(6-3-15)24(26)27)18-10-17(7-8-19(18)29-14)30(11-22(32)33)25(34)20-12-35-13-28-20;/h2-3,5-8,10,12-13,29H,4,9,11H2,1H3,(H3,26,27)(H,32,33);1H. The highest BCUT2D eigenvalue weighted by Gasteiger charge is 2.24. The number of carboxylic acids is 1. The Bertz CT molecular complexity index is 1430. The molecule has 0 saturated heterocycles. The van der Waals surface area contributed by atoms with Gasteiger partial charge in [-0.05, 0) is 37.1 Å². The summed E-state index contributed by atoms with van der Waals surface area (Å²) in [6, 6.07) is 12.2. The average molecular weight is 526 g/mol. The fourth-order valence-corrected chi connectivity index (χ4v) is 4.47. The molecule has 2 aromatic carbocycles. The first-order valence-corrected chi connectivity index (χ1v) is 11.7. The second-order valence-electron chi connectivity index (χ2n) is 8.05. The Morgan fingerprint density at radius 2 is 1.89 bits per heavy atom. The number of carbonyl (C=O) groups is 3. The van der Waals surface area contributed by atoms with E-state index < -0.39 is 18.4 Å². The molecule has 0 aliphatic carbocycles. The lowest BCUT2D eigenvalue weighted by atomic mass is 9.99. The molecule has 0 aliphatic rings. The molecule has 0 bridgehead atoms. The number of amidine groups is 1. The molecular weight excluding hydrogens is 502 g/mol. The van der Waals surface area contributed by atoms with Crippen molar-refractivity contribution in [3.05, 3.63) is 81.4 Å². The number of ketones is 1. The number of carboxylic acid groups (broad SMARTS) is 1. The van der Waals surface area contributed by atoms with Crippen LogP contribution in [-0.4, -0.2) is 45.1 Å². The van der Waals surface area contributed by atoms with Crippen molar-refractivity contribution in [1.29, 1.82) is 5.41 Å². The molecule has 9 nitrogen and oxygen atoms in total. The van der Waals surface area contributed by atoms with Gasteiger partial charge in [0.15, 0.2) is 5.78 Å². The van der Waals surface area contributed by atoms with Gasteiger partial charge in [-0.25, -0.2) is 4.98 Å². The second-order valence-corrected chi connectivity index (χ2v) is 8.77. The Balaban J connectivity index is 0.00000361. The normalized spacial score (nSPS) is 10.6. The van der Waals surface area contributed by atoms with Crippen molar-refractivity contribution in [3.8, 4) is 0 Å². The predicted octanol–water partition coefficient (Wildman–Crippen LogP) is 4.19. The summed E-state index contributed by atoms with van der Waals surface area (Å²) in [5.41, 5.74) is 11.0. The summed E-state index contributed by atoms with van der Waals surface area (Å²) in [5, 5.41) is 19.1. The first-order valence-electron chi connectivity index (χ1n) is 10.8. The van der Waals surface area contributed by atoms with E-state index in [9.17, 15) is 19.5 Å². The minimum Gasteiger partial charge on any atom is -0.480 e. The van der Waals surface area contributed by atoms with Crippen molar-refractivity contribution >= 4 is 63.8 Å². The predicted molar refractivity (Wildman–Crippen MR) is 142 cm³/mol. The van der Waals surface area contributed by atoms with Crippen LogP contribution < -0.4 is 10.6 Å². The average Bonchev–Trinajstić information content (AvgIpc) is 3.48. The molecule has 0 atom stereocenters. The SMILES string of the molecule is Cc1[nH]c2ccc(N(CC(=O)O)C(=O)c3cscn3)cc2c1C(=O)CCc1ccc(C(=N)N)cc1.Cl. The summed E-state index contributed by atoms with van der Waals surface area (Å²) >= 11 is 1.24. The number of nitrogens with two attached hydrogens (primary N) is 1. The lowest BCUT2D eigenvalue weighted by Gasteiger charge is -2.20. The van der Waals surface area contributed by atoms with Gasteiger partial charge >= 0.3 is 5.97 Å². The van der Waals surface area contributed by atoms with Gasteiger partial charge in [0.05, 0.1) is 5.51 Å². The number of nitrogen functional groups attached to an aromatic ring is 1. The number of anilines is 1. The van der Waals surface area contributed by atoms with Gasteiger partial charge in [-0.1, -0.05) is 24.3 Å². The smallest absolute Gasteiger partial charge is 0.323 e. The van der Waals surface area contributed by atoms with Gasteiger partial charge in [0.1, 0.15) is 18.1 Å². The third-order valence-electron chi connectivity index (χ3n) is 5.66. The maximum Gasteiger partial charge on any atom is 0.323 e. The lowest BCUT2D eigenvalue weighted by Crippen LogP contribution is -2.35. The highest BCUT2D eigenvalue weighted by atomic mass is 35.5. The third kappa shape index (κ3) is 5.61. The van der Waals surface area contributed by atoms with E-state index in [4.69, 9.17) is 11.1 Å². The van der Waals surface area contributed by atoms with E-state index in [0.717, 1.165) is 16.0 Å². The van der Waals surface area contributed by atoms with E-state index in [-0.39, 0.29) is 36.1 Å². The zero-order chi connectivity index (χ0) is 25.1. The van der Waals surface area contributed by atoms with Gasteiger partial charge in [-0.15, -0.1) is 23.7 Å². The van der Waals surface area contributed by atoms with E-state index in [1.807, 2.05) is 19.1 Å². The van der Waals surface area contributed by atoms with E-state index in [1.54, 1.807) is 35.7 Å². The second kappa shape index (κ2) is 11.1. The number of Topliss-reactive ketones (excluding diaryl/α,β-unsaturated/α-hetero) is 1. The molecule has 4 aromatic rings. The number of hydrogen-bond acceptors (Lipinski definition) is 6. The summed E-state index contributed by atoms with van der Waals surface area (Å²) < 4.78 is 0. The summed E-state index contributed by atoms with van der Waals surface area (Å²) in [5.74, 6) is -1.77. The largest absolute Gasteiger partial charge is 0.480 e. The molecule has 0 saturated carbocycles. The number of fused-ring (bicyclic) bond motifs is 1. The summed E-state index contributed by atoms with van der Waals surface area (Å²) in [6.07, 6.45) is 0.768. The fourth-order valence-electron chi connectivity index (χ4n) is 3.95. The van der Waals surface area contributed by atoms with Crippen molar-refractivity contribution in [2.75, 3.05) is 11.4 Å². The van der Waals surface area contributed by atoms with E-state index >= 15 is 0 Å². The van der Waals surface area contributed by atoms with Gasteiger partial charge in [-0.3, -0.25) is 24.7 Å². The Labute approximate surface area is 216 Å². The van der Waals surface area contributed by atoms with Crippen molar-refractivity contribution in [3.63, 3.8) is 0 Å². The van der Waals surface area contributed by atoms with Crippen LogP contribution in [0.5, 0.6) is 0 Å². The van der Waals surface area contributed by atoms with Crippen LogP contribution >= 0.6 is 23.7 Å². The number of nitrogens with one attached hydrogen (secondary N) is 2. The Kier molecular flexibility index (Phi) is 8.23. The number of H-pyrrole nitrogens is 1. The van der Waals surface area contributed by atoms with Gasteiger partial charge < -0.3 is 15.8 Å². The number of benzene rings is 2. The molecule has 2 heterocycles. The number of amides is 1. The van der Waals surface area contributed by atoms with E-state index in [2.05, 4.69) is 9.97 Å². The molecule has 5 N–H and O–H groups in total. The fraction of sp³-hybridized carbons (Fsp3) is 0.160. The number of nitrogens with zero attached hydrogens (tertiary/aromatic N) is 2. The monoisotopic (exact) mass is 525 g/mol. The molecule has 0 unspecified atom stereocenters. The third-order valence-corrected chi connectivity index (χ3v) is 6.24. The van der Waals surface area contributed by atoms with Crippen molar-refractivity contribution in [2.45, 2.75) is 19.8 Å². The summed E-state index contributed by atoms with van der Waals surface area (Å²) in [6.45, 7) is 1.27. The van der Waals surface area contributed by atoms with E-state index in [0.29, 0.717) is 34.3 Å². The number of carbonyl (C=O) groups excluding carboxylic acids is 2. The topological polar surface area (TPSA) is 153 Å². The van der Waals surface area contributed by atoms with Crippen LogP contribution in [0.2, 0.25) is 0 Å². The summed E-state index contributed by atoms with van der Waals surface area (Å²) in [7, 11) is 0.